The highest BCUT2D eigenvalue weighted by Gasteiger charge is 2.07. The van der Waals surface area contributed by atoms with Gasteiger partial charge < -0.3 is 15.1 Å². The van der Waals surface area contributed by atoms with Gasteiger partial charge in [0, 0.05) is 25.2 Å². The van der Waals surface area contributed by atoms with Gasteiger partial charge in [0.1, 0.15) is 11.3 Å². The molecule has 0 aliphatic rings. The van der Waals surface area contributed by atoms with Crippen molar-refractivity contribution in [3.05, 3.63) is 54.1 Å². The Morgan fingerprint density at radius 3 is 3.00 bits per heavy atom. The van der Waals surface area contributed by atoms with Crippen LogP contribution in [0.15, 0.2) is 47.0 Å². The van der Waals surface area contributed by atoms with Gasteiger partial charge in [-0.3, -0.25) is 9.78 Å². The zero-order valence-corrected chi connectivity index (χ0v) is 12.3. The number of fused-ring (bicyclic) bond motifs is 1. The lowest BCUT2D eigenvalue weighted by Crippen LogP contribution is -2.25. The quantitative estimate of drug-likeness (QED) is 0.730. The number of amides is 1. The van der Waals surface area contributed by atoms with E-state index in [1.54, 1.807) is 6.20 Å². The molecule has 0 atom stereocenters. The molecule has 2 heterocycles. The average Bonchev–Trinajstić information content (AvgIpc) is 2.95. The standard InChI is InChI=1S/C16H15FN4O2/c17-11-4-5-14-13(9-11)21-16(23-14)19-8-6-15(22)20-10-12-3-1-2-7-18-12/h1-5,7,9H,6,8,10H2,(H,19,21)(H,20,22). The highest BCUT2D eigenvalue weighted by atomic mass is 19.1. The summed E-state index contributed by atoms with van der Waals surface area (Å²) in [6.07, 6.45) is 1.94. The van der Waals surface area contributed by atoms with E-state index in [2.05, 4.69) is 20.6 Å². The molecule has 0 aliphatic heterocycles. The number of pyridine rings is 1. The summed E-state index contributed by atoms with van der Waals surface area (Å²) in [5, 5.41) is 5.68. The molecule has 0 fully saturated rings. The maximum absolute atomic E-state index is 13.1. The van der Waals surface area contributed by atoms with Crippen LogP contribution in [-0.2, 0) is 11.3 Å². The largest absolute Gasteiger partial charge is 0.424 e. The summed E-state index contributed by atoms with van der Waals surface area (Å²) in [4.78, 5) is 20.0. The monoisotopic (exact) mass is 314 g/mol. The molecule has 0 unspecified atom stereocenters. The Morgan fingerprint density at radius 2 is 2.17 bits per heavy atom. The molecule has 3 aromatic rings. The maximum atomic E-state index is 13.1. The van der Waals surface area contributed by atoms with Crippen molar-refractivity contribution in [1.82, 2.24) is 15.3 Å². The number of carbonyl (C=O) groups excluding carboxylic acids is 1. The molecule has 7 heteroatoms. The van der Waals surface area contributed by atoms with E-state index in [0.29, 0.717) is 24.2 Å². The minimum Gasteiger partial charge on any atom is -0.424 e. The number of halogens is 1. The van der Waals surface area contributed by atoms with Gasteiger partial charge in [-0.25, -0.2) is 4.39 Å². The predicted molar refractivity (Wildman–Crippen MR) is 83.2 cm³/mol. The van der Waals surface area contributed by atoms with Crippen LogP contribution in [0.5, 0.6) is 0 Å². The molecule has 6 nitrogen and oxygen atoms in total. The number of hydrogen-bond donors (Lipinski definition) is 2. The molecule has 1 amide bonds. The first-order valence-electron chi connectivity index (χ1n) is 7.17. The van der Waals surface area contributed by atoms with Crippen LogP contribution in [0, 0.1) is 5.82 Å². The van der Waals surface area contributed by atoms with E-state index in [1.807, 2.05) is 18.2 Å². The van der Waals surface area contributed by atoms with Gasteiger partial charge in [-0.05, 0) is 24.3 Å². The Hall–Kier alpha value is -2.96. The molecule has 0 spiro atoms. The summed E-state index contributed by atoms with van der Waals surface area (Å²) in [5.41, 5.74) is 1.73. The second kappa shape index (κ2) is 6.87. The van der Waals surface area contributed by atoms with Crippen LogP contribution in [0.4, 0.5) is 10.4 Å². The molecule has 23 heavy (non-hydrogen) atoms. The van der Waals surface area contributed by atoms with Crippen molar-refractivity contribution in [2.45, 2.75) is 13.0 Å². The highest BCUT2D eigenvalue weighted by molar-refractivity contribution is 5.76. The van der Waals surface area contributed by atoms with Gasteiger partial charge in [0.2, 0.25) is 5.91 Å². The summed E-state index contributed by atoms with van der Waals surface area (Å²) in [7, 11) is 0. The summed E-state index contributed by atoms with van der Waals surface area (Å²) >= 11 is 0. The van der Waals surface area contributed by atoms with Crippen molar-refractivity contribution in [3.8, 4) is 0 Å². The van der Waals surface area contributed by atoms with Crippen molar-refractivity contribution in [3.63, 3.8) is 0 Å². The lowest BCUT2D eigenvalue weighted by molar-refractivity contribution is -0.121. The van der Waals surface area contributed by atoms with Crippen LogP contribution in [0.1, 0.15) is 12.1 Å². The van der Waals surface area contributed by atoms with E-state index in [4.69, 9.17) is 4.42 Å². The molecule has 3 rings (SSSR count). The normalized spacial score (nSPS) is 10.7. The summed E-state index contributed by atoms with van der Waals surface area (Å²) in [5.74, 6) is -0.475. The number of aromatic nitrogens is 2. The minimum atomic E-state index is -0.369. The predicted octanol–water partition coefficient (Wildman–Crippen LogP) is 2.48. The number of nitrogens with one attached hydrogen (secondary N) is 2. The molecular weight excluding hydrogens is 299 g/mol. The van der Waals surface area contributed by atoms with Gasteiger partial charge in [0.15, 0.2) is 5.58 Å². The van der Waals surface area contributed by atoms with Crippen LogP contribution >= 0.6 is 0 Å². The Balaban J connectivity index is 1.45. The van der Waals surface area contributed by atoms with Gasteiger partial charge in [-0.1, -0.05) is 6.07 Å². The Morgan fingerprint density at radius 1 is 1.26 bits per heavy atom. The summed E-state index contributed by atoms with van der Waals surface area (Å²) < 4.78 is 18.5. The lowest BCUT2D eigenvalue weighted by Gasteiger charge is -2.04. The molecule has 2 aromatic heterocycles. The molecule has 0 bridgehead atoms. The third-order valence-electron chi connectivity index (χ3n) is 3.17. The second-order valence-corrected chi connectivity index (χ2v) is 4.91. The van der Waals surface area contributed by atoms with E-state index in [1.165, 1.54) is 18.2 Å². The first-order valence-corrected chi connectivity index (χ1v) is 7.17. The fraction of sp³-hybridized carbons (Fsp3) is 0.188. The van der Waals surface area contributed by atoms with Crippen LogP contribution in [0.2, 0.25) is 0 Å². The van der Waals surface area contributed by atoms with E-state index in [0.717, 1.165) is 5.69 Å². The summed E-state index contributed by atoms with van der Waals surface area (Å²) in [6.45, 7) is 0.755. The minimum absolute atomic E-state index is 0.106. The zero-order valence-electron chi connectivity index (χ0n) is 12.3. The first-order chi connectivity index (χ1) is 11.2. The lowest BCUT2D eigenvalue weighted by atomic mass is 10.3. The van der Waals surface area contributed by atoms with E-state index in [-0.39, 0.29) is 24.2 Å². The van der Waals surface area contributed by atoms with Crippen molar-refractivity contribution in [1.29, 1.82) is 0 Å². The third kappa shape index (κ3) is 4.03. The van der Waals surface area contributed by atoms with Crippen molar-refractivity contribution < 1.29 is 13.6 Å². The maximum Gasteiger partial charge on any atom is 0.295 e. The van der Waals surface area contributed by atoms with Crippen molar-refractivity contribution in [2.24, 2.45) is 0 Å². The van der Waals surface area contributed by atoms with E-state index < -0.39 is 0 Å². The molecule has 2 N–H and O–H groups in total. The van der Waals surface area contributed by atoms with Crippen molar-refractivity contribution in [2.75, 3.05) is 11.9 Å². The van der Waals surface area contributed by atoms with Crippen LogP contribution in [0.3, 0.4) is 0 Å². The SMILES string of the molecule is O=C(CCNc1nc2cc(F)ccc2o1)NCc1ccccn1. The molecule has 0 saturated heterocycles. The van der Waals surface area contributed by atoms with Gasteiger partial charge in [0.25, 0.3) is 6.01 Å². The van der Waals surface area contributed by atoms with E-state index >= 15 is 0 Å². The average molecular weight is 314 g/mol. The number of carbonyl (C=O) groups is 1. The molecular formula is C16H15FN4O2. The number of anilines is 1. The zero-order chi connectivity index (χ0) is 16.1. The smallest absolute Gasteiger partial charge is 0.295 e. The van der Waals surface area contributed by atoms with E-state index in [9.17, 15) is 9.18 Å². The summed E-state index contributed by atoms with van der Waals surface area (Å²) in [6, 6.07) is 9.92. The van der Waals surface area contributed by atoms with Crippen LogP contribution < -0.4 is 10.6 Å². The van der Waals surface area contributed by atoms with Gasteiger partial charge >= 0.3 is 0 Å². The Kier molecular flexibility index (Phi) is 4.46. The number of nitrogens with zero attached hydrogens (tertiary/aromatic N) is 2. The fourth-order valence-electron chi connectivity index (χ4n) is 2.04. The van der Waals surface area contributed by atoms with Gasteiger partial charge in [0.05, 0.1) is 12.2 Å². The first kappa shape index (κ1) is 15.0. The molecule has 0 radical (unpaired) electrons. The molecule has 0 aliphatic carbocycles. The number of hydrogen-bond acceptors (Lipinski definition) is 5. The number of benzene rings is 1. The Bertz CT molecular complexity index is 804. The number of oxazole rings is 1. The third-order valence-corrected chi connectivity index (χ3v) is 3.17. The van der Waals surface area contributed by atoms with Crippen molar-refractivity contribution >= 4 is 23.0 Å². The van der Waals surface area contributed by atoms with Crippen LogP contribution in [0.25, 0.3) is 11.1 Å². The number of rotatable bonds is 6. The second-order valence-electron chi connectivity index (χ2n) is 4.91. The fourth-order valence-corrected chi connectivity index (χ4v) is 2.04. The molecule has 1 aromatic carbocycles. The van der Waals surface area contributed by atoms with Gasteiger partial charge in [-0.2, -0.15) is 4.98 Å². The van der Waals surface area contributed by atoms with Crippen LogP contribution in [-0.4, -0.2) is 22.4 Å². The Labute approximate surface area is 131 Å². The van der Waals surface area contributed by atoms with Gasteiger partial charge in [-0.15, -0.1) is 0 Å². The topological polar surface area (TPSA) is 80.0 Å². The molecule has 118 valence electrons. The highest BCUT2D eigenvalue weighted by Crippen LogP contribution is 2.19. The molecule has 0 saturated carbocycles.